The van der Waals surface area contributed by atoms with Crippen LogP contribution in [0.4, 0.5) is 0 Å². The van der Waals surface area contributed by atoms with Crippen molar-refractivity contribution >= 4 is 21.9 Å². The lowest BCUT2D eigenvalue weighted by molar-refractivity contribution is -0.137. The van der Waals surface area contributed by atoms with Gasteiger partial charge < -0.3 is 5.11 Å². The number of carboxylic acid groups (broad SMARTS) is 1. The molecule has 0 amide bonds. The molecule has 0 aromatic heterocycles. The normalized spacial score (nSPS) is 12.4. The van der Waals surface area contributed by atoms with Crippen LogP contribution in [0.1, 0.15) is 129 Å². The van der Waals surface area contributed by atoms with E-state index in [2.05, 4.69) is 53.2 Å². The maximum absolute atomic E-state index is 10.5. The van der Waals surface area contributed by atoms with Gasteiger partial charge >= 0.3 is 5.97 Å². The molecule has 0 aliphatic heterocycles. The molecule has 0 aliphatic carbocycles. The van der Waals surface area contributed by atoms with Gasteiger partial charge in [-0.15, -0.1) is 0 Å². The molecular weight excluding hydrogens is 436 g/mol. The highest BCUT2D eigenvalue weighted by atomic mass is 79.9. The largest absolute Gasteiger partial charge is 0.481 e. The Kier molecular flexibility index (Phi) is 23.8. The van der Waals surface area contributed by atoms with Crippen molar-refractivity contribution < 1.29 is 9.90 Å². The lowest BCUT2D eigenvalue weighted by atomic mass is 10.0. The van der Waals surface area contributed by atoms with E-state index in [1.165, 1.54) is 94.4 Å². The fourth-order valence-electron chi connectivity index (χ4n) is 3.47. The summed E-state index contributed by atoms with van der Waals surface area (Å²) >= 11 is 3.58. The zero-order chi connectivity index (χ0) is 22.1. The number of carboxylic acids is 1. The molecule has 30 heavy (non-hydrogen) atoms. The molecule has 0 atom stereocenters. The molecule has 0 unspecified atom stereocenters. The topological polar surface area (TPSA) is 37.3 Å². The molecule has 2 nitrogen and oxygen atoms in total. The number of hydrogen-bond donors (Lipinski definition) is 1. The molecule has 0 saturated heterocycles. The molecule has 0 aromatic carbocycles. The molecular formula is C27H47BrO2. The monoisotopic (exact) mass is 482 g/mol. The van der Waals surface area contributed by atoms with Crippen molar-refractivity contribution in [1.82, 2.24) is 0 Å². The van der Waals surface area contributed by atoms with Gasteiger partial charge in [0.05, 0.1) is 0 Å². The van der Waals surface area contributed by atoms with Gasteiger partial charge in [-0.1, -0.05) is 111 Å². The van der Waals surface area contributed by atoms with E-state index in [-0.39, 0.29) is 6.42 Å². The second kappa shape index (κ2) is 24.4. The summed E-state index contributed by atoms with van der Waals surface area (Å²) in [5, 5.41) is 8.61. The Morgan fingerprint density at radius 3 is 1.60 bits per heavy atom. The van der Waals surface area contributed by atoms with Gasteiger partial charge in [0.15, 0.2) is 0 Å². The van der Waals surface area contributed by atoms with Crippen LogP contribution in [0, 0.1) is 0 Å². The van der Waals surface area contributed by atoms with E-state index in [0.29, 0.717) is 0 Å². The second-order valence-electron chi connectivity index (χ2n) is 8.29. The summed E-state index contributed by atoms with van der Waals surface area (Å²) in [6.45, 7) is 2.20. The number of aliphatic carboxylic acids is 1. The molecule has 0 aromatic rings. The van der Waals surface area contributed by atoms with Crippen molar-refractivity contribution in [3.05, 3.63) is 34.9 Å². The van der Waals surface area contributed by atoms with Crippen molar-refractivity contribution in [3.63, 3.8) is 0 Å². The third kappa shape index (κ3) is 25.2. The molecule has 0 fully saturated rings. The molecule has 3 heteroatoms. The van der Waals surface area contributed by atoms with Crippen LogP contribution in [0.25, 0.3) is 0 Å². The first-order chi connectivity index (χ1) is 14.7. The first-order valence-electron chi connectivity index (χ1n) is 12.5. The average Bonchev–Trinajstić information content (AvgIpc) is 2.72. The standard InChI is InChI=1S/C27H47BrO2/c1-2-3-4-5-6-7-8-9-10-11-12-13-14-15-16-17-18-19-20-23-26(28)24-21-22-25-27(29)30/h3-4,18-19,24H,2,5-17,20-23,25H2,1H3,(H,29,30). The van der Waals surface area contributed by atoms with Crippen molar-refractivity contribution in [2.24, 2.45) is 0 Å². The number of carbonyl (C=O) groups is 1. The summed E-state index contributed by atoms with van der Waals surface area (Å²) in [4.78, 5) is 10.5. The molecule has 0 bridgehead atoms. The summed E-state index contributed by atoms with van der Waals surface area (Å²) in [7, 11) is 0. The van der Waals surface area contributed by atoms with Crippen LogP contribution in [0.15, 0.2) is 34.9 Å². The summed E-state index contributed by atoms with van der Waals surface area (Å²) in [5.41, 5.74) is 0. The second-order valence-corrected chi connectivity index (χ2v) is 9.31. The number of hydrogen-bond acceptors (Lipinski definition) is 1. The molecule has 0 rings (SSSR count). The predicted molar refractivity (Wildman–Crippen MR) is 136 cm³/mol. The van der Waals surface area contributed by atoms with Gasteiger partial charge in [-0.25, -0.2) is 0 Å². The zero-order valence-corrected chi connectivity index (χ0v) is 21.1. The van der Waals surface area contributed by atoms with Crippen LogP contribution in [-0.4, -0.2) is 11.1 Å². The highest BCUT2D eigenvalue weighted by molar-refractivity contribution is 9.11. The first-order valence-corrected chi connectivity index (χ1v) is 13.3. The maximum atomic E-state index is 10.5. The van der Waals surface area contributed by atoms with Crippen molar-refractivity contribution in [3.8, 4) is 0 Å². The van der Waals surface area contributed by atoms with Gasteiger partial charge in [0, 0.05) is 6.42 Å². The fraction of sp³-hybridized carbons (Fsp3) is 0.741. The van der Waals surface area contributed by atoms with Crippen LogP contribution >= 0.6 is 15.9 Å². The average molecular weight is 484 g/mol. The third-order valence-electron chi connectivity index (χ3n) is 5.32. The minimum absolute atomic E-state index is 0.258. The Morgan fingerprint density at radius 2 is 1.10 bits per heavy atom. The lowest BCUT2D eigenvalue weighted by Crippen LogP contribution is -1.92. The Hall–Kier alpha value is -0.830. The van der Waals surface area contributed by atoms with E-state index in [0.717, 1.165) is 25.7 Å². The van der Waals surface area contributed by atoms with E-state index >= 15 is 0 Å². The number of halogens is 1. The number of unbranched alkanes of at least 4 members (excludes halogenated alkanes) is 13. The summed E-state index contributed by atoms with van der Waals surface area (Å²) in [6.07, 6.45) is 34.2. The molecule has 1 N–H and O–H groups in total. The quantitative estimate of drug-likeness (QED) is 0.123. The van der Waals surface area contributed by atoms with Crippen molar-refractivity contribution in [2.45, 2.75) is 129 Å². The van der Waals surface area contributed by atoms with Gasteiger partial charge in [0.1, 0.15) is 0 Å². The predicted octanol–water partition coefficient (Wildman–Crippen LogP) is 9.89. The minimum atomic E-state index is -0.709. The van der Waals surface area contributed by atoms with Crippen molar-refractivity contribution in [1.29, 1.82) is 0 Å². The molecule has 0 spiro atoms. The molecule has 0 heterocycles. The van der Waals surface area contributed by atoms with E-state index in [1.54, 1.807) is 0 Å². The van der Waals surface area contributed by atoms with Crippen LogP contribution in [0.2, 0.25) is 0 Å². The summed E-state index contributed by atoms with van der Waals surface area (Å²) in [6, 6.07) is 0. The Balaban J connectivity index is 3.27. The number of allylic oxidation sites excluding steroid dienone is 6. The zero-order valence-electron chi connectivity index (χ0n) is 19.6. The number of rotatable bonds is 22. The van der Waals surface area contributed by atoms with E-state index in [1.807, 2.05) is 0 Å². The highest BCUT2D eigenvalue weighted by Crippen LogP contribution is 2.16. The SMILES string of the molecule is CCC=CCCCCCCCCCCCCCC=CCCC(Br)=CCCCC(=O)O. The van der Waals surface area contributed by atoms with Gasteiger partial charge in [0.25, 0.3) is 0 Å². The smallest absolute Gasteiger partial charge is 0.303 e. The lowest BCUT2D eigenvalue weighted by Gasteiger charge is -2.02. The molecule has 0 radical (unpaired) electrons. The summed E-state index contributed by atoms with van der Waals surface area (Å²) in [5.74, 6) is -0.709. The van der Waals surface area contributed by atoms with E-state index < -0.39 is 5.97 Å². The Bertz CT molecular complexity index is 465. The van der Waals surface area contributed by atoms with Crippen molar-refractivity contribution in [2.75, 3.05) is 0 Å². The van der Waals surface area contributed by atoms with E-state index in [9.17, 15) is 4.79 Å². The third-order valence-corrected chi connectivity index (χ3v) is 6.04. The van der Waals surface area contributed by atoms with Gasteiger partial charge in [-0.2, -0.15) is 0 Å². The molecule has 174 valence electrons. The highest BCUT2D eigenvalue weighted by Gasteiger charge is 1.96. The molecule has 0 aliphatic rings. The van der Waals surface area contributed by atoms with Crippen LogP contribution in [0.5, 0.6) is 0 Å². The van der Waals surface area contributed by atoms with Crippen LogP contribution in [-0.2, 0) is 4.79 Å². The van der Waals surface area contributed by atoms with Crippen LogP contribution < -0.4 is 0 Å². The van der Waals surface area contributed by atoms with Gasteiger partial charge in [0.2, 0.25) is 0 Å². The van der Waals surface area contributed by atoms with Gasteiger partial charge in [-0.3, -0.25) is 4.79 Å². The Morgan fingerprint density at radius 1 is 0.633 bits per heavy atom. The summed E-state index contributed by atoms with van der Waals surface area (Å²) < 4.78 is 1.20. The minimum Gasteiger partial charge on any atom is -0.481 e. The fourth-order valence-corrected chi connectivity index (χ4v) is 3.93. The Labute approximate surface area is 195 Å². The van der Waals surface area contributed by atoms with Crippen LogP contribution in [0.3, 0.4) is 0 Å². The van der Waals surface area contributed by atoms with Gasteiger partial charge in [-0.05, 0) is 62.3 Å². The maximum Gasteiger partial charge on any atom is 0.303 e. The molecule has 0 saturated carbocycles. The van der Waals surface area contributed by atoms with E-state index in [4.69, 9.17) is 5.11 Å². The first kappa shape index (κ1) is 29.2.